The molecule has 0 aliphatic heterocycles. The van der Waals surface area contributed by atoms with Gasteiger partial charge in [0, 0.05) is 29.7 Å². The van der Waals surface area contributed by atoms with Gasteiger partial charge in [0.25, 0.3) is 5.56 Å². The Morgan fingerprint density at radius 1 is 1.16 bits per heavy atom. The topological polar surface area (TPSA) is 108 Å². The zero-order valence-corrected chi connectivity index (χ0v) is 18.7. The van der Waals surface area contributed by atoms with E-state index in [9.17, 15) is 4.79 Å². The molecule has 162 valence electrons. The molecule has 0 saturated carbocycles. The largest absolute Gasteiger partial charge is 0.467 e. The third-order valence-corrected chi connectivity index (χ3v) is 4.90. The van der Waals surface area contributed by atoms with Crippen LogP contribution in [0.3, 0.4) is 0 Å². The molecule has 0 radical (unpaired) electrons. The normalized spacial score (nSPS) is 13.6. The van der Waals surface area contributed by atoms with E-state index in [0.29, 0.717) is 17.1 Å². The molecule has 1 atom stereocenters. The number of methoxy groups -OCH3 is 1. The number of aliphatic imine (C=N–C) groups is 2. The van der Waals surface area contributed by atoms with Gasteiger partial charge in [-0.05, 0) is 51.6 Å². The van der Waals surface area contributed by atoms with E-state index in [1.807, 2.05) is 45.0 Å². The van der Waals surface area contributed by atoms with Crippen molar-refractivity contribution in [2.75, 3.05) is 7.11 Å². The standard InChI is InChI=1S/C23H28N6O2/c1-13(2)29-20(14(3)27-16(5)28-15(4)24)10-17-8-7-9-19(21(17)22(29)30)18-11-25-23(31-6)26-12-18/h7-14H,1-6H3,(H2,24,27,28). The van der Waals surface area contributed by atoms with Gasteiger partial charge in [-0.1, -0.05) is 18.2 Å². The van der Waals surface area contributed by atoms with Crippen LogP contribution < -0.4 is 16.0 Å². The van der Waals surface area contributed by atoms with Crippen molar-refractivity contribution in [3.05, 3.63) is 52.7 Å². The highest BCUT2D eigenvalue weighted by Gasteiger charge is 2.19. The van der Waals surface area contributed by atoms with E-state index in [1.54, 1.807) is 30.8 Å². The summed E-state index contributed by atoms with van der Waals surface area (Å²) in [6.07, 6.45) is 3.33. The number of aromatic nitrogens is 3. The van der Waals surface area contributed by atoms with Crippen molar-refractivity contribution in [3.63, 3.8) is 0 Å². The van der Waals surface area contributed by atoms with E-state index in [1.165, 1.54) is 7.11 Å². The molecule has 2 N–H and O–H groups in total. The fourth-order valence-electron chi connectivity index (χ4n) is 3.68. The van der Waals surface area contributed by atoms with Crippen molar-refractivity contribution < 1.29 is 4.74 Å². The van der Waals surface area contributed by atoms with E-state index in [-0.39, 0.29) is 23.7 Å². The first-order chi connectivity index (χ1) is 14.7. The van der Waals surface area contributed by atoms with Crippen LogP contribution in [0.5, 0.6) is 6.01 Å². The molecule has 1 unspecified atom stereocenters. The summed E-state index contributed by atoms with van der Waals surface area (Å²) in [5.74, 6) is 1.01. The lowest BCUT2D eigenvalue weighted by Gasteiger charge is -2.21. The summed E-state index contributed by atoms with van der Waals surface area (Å²) in [7, 11) is 1.52. The maximum absolute atomic E-state index is 13.7. The van der Waals surface area contributed by atoms with Crippen molar-refractivity contribution in [3.8, 4) is 17.1 Å². The number of nitrogens with zero attached hydrogens (tertiary/aromatic N) is 5. The van der Waals surface area contributed by atoms with Crippen LogP contribution in [0.25, 0.3) is 21.9 Å². The van der Waals surface area contributed by atoms with E-state index >= 15 is 0 Å². The summed E-state index contributed by atoms with van der Waals surface area (Å²) < 4.78 is 6.84. The Kier molecular flexibility index (Phi) is 6.48. The fourth-order valence-corrected chi connectivity index (χ4v) is 3.68. The zero-order valence-electron chi connectivity index (χ0n) is 18.7. The Morgan fingerprint density at radius 2 is 1.84 bits per heavy atom. The summed E-state index contributed by atoms with van der Waals surface area (Å²) in [5.41, 5.74) is 7.94. The molecule has 0 spiro atoms. The molecule has 0 saturated heterocycles. The average Bonchev–Trinajstić information content (AvgIpc) is 2.72. The minimum absolute atomic E-state index is 0.0511. The van der Waals surface area contributed by atoms with Gasteiger partial charge in [-0.15, -0.1) is 0 Å². The predicted molar refractivity (Wildman–Crippen MR) is 125 cm³/mol. The van der Waals surface area contributed by atoms with Crippen LogP contribution in [0.15, 0.2) is 51.4 Å². The van der Waals surface area contributed by atoms with Crippen LogP contribution >= 0.6 is 0 Å². The SMILES string of the molecule is COc1ncc(-c2cccc3cc(C(C)N=C(C)N=C(C)N)n(C(C)C)c(=O)c23)cn1. The van der Waals surface area contributed by atoms with Crippen LogP contribution in [0.2, 0.25) is 0 Å². The molecule has 31 heavy (non-hydrogen) atoms. The van der Waals surface area contributed by atoms with Gasteiger partial charge in [-0.3, -0.25) is 9.79 Å². The monoisotopic (exact) mass is 420 g/mol. The van der Waals surface area contributed by atoms with Crippen molar-refractivity contribution >= 4 is 22.4 Å². The number of fused-ring (bicyclic) bond motifs is 1. The molecule has 0 bridgehead atoms. The Morgan fingerprint density at radius 3 is 2.42 bits per heavy atom. The molecule has 2 aromatic heterocycles. The molecule has 8 heteroatoms. The van der Waals surface area contributed by atoms with Gasteiger partial charge in [0.05, 0.1) is 24.4 Å². The number of rotatable bonds is 5. The number of hydrogen-bond acceptors (Lipinski definition) is 5. The summed E-state index contributed by atoms with van der Waals surface area (Å²) in [5, 5.41) is 1.46. The summed E-state index contributed by atoms with van der Waals surface area (Å²) in [4.78, 5) is 30.9. The smallest absolute Gasteiger partial charge is 0.316 e. The molecule has 3 rings (SSSR count). The Balaban J connectivity index is 2.25. The quantitative estimate of drug-likeness (QED) is 0.497. The number of pyridine rings is 1. The maximum atomic E-state index is 13.7. The van der Waals surface area contributed by atoms with Gasteiger partial charge in [-0.2, -0.15) is 0 Å². The highest BCUT2D eigenvalue weighted by Crippen LogP contribution is 2.29. The van der Waals surface area contributed by atoms with Crippen molar-refractivity contribution in [2.24, 2.45) is 15.7 Å². The van der Waals surface area contributed by atoms with Crippen LogP contribution in [0, 0.1) is 0 Å². The number of nitrogens with two attached hydrogens (primary N) is 1. The molecule has 0 amide bonds. The minimum Gasteiger partial charge on any atom is -0.467 e. The third-order valence-electron chi connectivity index (χ3n) is 4.90. The summed E-state index contributed by atoms with van der Waals surface area (Å²) in [6.45, 7) is 9.44. The van der Waals surface area contributed by atoms with Crippen molar-refractivity contribution in [1.29, 1.82) is 0 Å². The molecule has 2 heterocycles. The van der Waals surface area contributed by atoms with Crippen LogP contribution in [0.1, 0.15) is 52.4 Å². The third kappa shape index (κ3) is 4.63. The van der Waals surface area contributed by atoms with Gasteiger partial charge >= 0.3 is 6.01 Å². The molecular weight excluding hydrogens is 392 g/mol. The maximum Gasteiger partial charge on any atom is 0.316 e. The van der Waals surface area contributed by atoms with E-state index in [0.717, 1.165) is 22.2 Å². The van der Waals surface area contributed by atoms with Crippen molar-refractivity contribution in [2.45, 2.75) is 46.7 Å². The van der Waals surface area contributed by atoms with E-state index in [2.05, 4.69) is 20.0 Å². The predicted octanol–water partition coefficient (Wildman–Crippen LogP) is 3.90. The van der Waals surface area contributed by atoms with Crippen molar-refractivity contribution in [1.82, 2.24) is 14.5 Å². The van der Waals surface area contributed by atoms with Gasteiger partial charge in [0.15, 0.2) is 0 Å². The van der Waals surface area contributed by atoms with E-state index < -0.39 is 0 Å². The van der Waals surface area contributed by atoms with Gasteiger partial charge in [-0.25, -0.2) is 15.0 Å². The van der Waals surface area contributed by atoms with Gasteiger partial charge in [0.1, 0.15) is 5.84 Å². The first-order valence-corrected chi connectivity index (χ1v) is 10.1. The zero-order chi connectivity index (χ0) is 22.7. The molecular formula is C23H28N6O2. The molecule has 3 aromatic rings. The summed E-state index contributed by atoms with van der Waals surface area (Å²) in [6, 6.07) is 7.74. The Hall–Kier alpha value is -3.55. The highest BCUT2D eigenvalue weighted by atomic mass is 16.5. The number of hydrogen-bond donors (Lipinski definition) is 1. The first kappa shape index (κ1) is 22.1. The average molecular weight is 421 g/mol. The number of ether oxygens (including phenoxy) is 1. The molecule has 0 aliphatic rings. The molecule has 0 fully saturated rings. The Bertz CT molecular complexity index is 1210. The molecule has 1 aromatic carbocycles. The minimum atomic E-state index is -0.268. The van der Waals surface area contributed by atoms with E-state index in [4.69, 9.17) is 10.5 Å². The van der Waals surface area contributed by atoms with Crippen LogP contribution in [-0.2, 0) is 0 Å². The lowest BCUT2D eigenvalue weighted by Crippen LogP contribution is -2.26. The number of benzene rings is 1. The lowest BCUT2D eigenvalue weighted by molar-refractivity contribution is 0.380. The second kappa shape index (κ2) is 9.07. The lowest BCUT2D eigenvalue weighted by atomic mass is 9.99. The first-order valence-electron chi connectivity index (χ1n) is 10.1. The number of amidine groups is 2. The molecule has 8 nitrogen and oxygen atoms in total. The Labute approximate surface area is 181 Å². The fraction of sp³-hybridized carbons (Fsp3) is 0.348. The summed E-state index contributed by atoms with van der Waals surface area (Å²) >= 11 is 0. The second-order valence-electron chi connectivity index (χ2n) is 7.67. The highest BCUT2D eigenvalue weighted by molar-refractivity contribution is 5.96. The van der Waals surface area contributed by atoms with Gasteiger partial charge in [0.2, 0.25) is 0 Å². The second-order valence-corrected chi connectivity index (χ2v) is 7.67. The van der Waals surface area contributed by atoms with Crippen LogP contribution in [-0.4, -0.2) is 33.3 Å². The molecule has 0 aliphatic carbocycles. The van der Waals surface area contributed by atoms with Crippen LogP contribution in [0.4, 0.5) is 0 Å². The van der Waals surface area contributed by atoms with Gasteiger partial charge < -0.3 is 15.0 Å².